The van der Waals surface area contributed by atoms with Crippen LogP contribution in [-0.4, -0.2) is 39.1 Å². The number of nitrogens with one attached hydrogen (secondary N) is 1. The molecule has 0 radical (unpaired) electrons. The third-order valence-electron chi connectivity index (χ3n) is 3.59. The predicted molar refractivity (Wildman–Crippen MR) is 79.4 cm³/mol. The number of H-pyrrole nitrogens is 1. The Balaban J connectivity index is 2.22. The molecule has 2 N–H and O–H groups in total. The number of ether oxygens (including phenoxy) is 1. The fraction of sp³-hybridized carbons (Fsp3) is 0.636. The van der Waals surface area contributed by atoms with Crippen LogP contribution in [0.3, 0.4) is 0 Å². The van der Waals surface area contributed by atoms with E-state index in [0.717, 1.165) is 4.57 Å². The first-order valence-corrected chi connectivity index (χ1v) is 8.60. The van der Waals surface area contributed by atoms with Crippen LogP contribution in [0.1, 0.15) is 18.2 Å². The summed E-state index contributed by atoms with van der Waals surface area (Å²) < 4.78 is 58.6. The number of azide groups is 1. The molecule has 2 rings (SSSR count). The van der Waals surface area contributed by atoms with Gasteiger partial charge in [0.2, 0.25) is 0 Å². The molecule has 26 heavy (non-hydrogen) atoms. The lowest BCUT2D eigenvalue weighted by molar-refractivity contribution is -0.0784. The number of aryl methyl sites for hydroxylation is 1. The standard InChI is InChI=1S/C11H13F3N5O6P/c1-5-3-19(10(21)16-9(5)20)8-2-6(17-18-15)7(25-8)4-24-26(22,23)11(12,13)14/h3,6-8H,2,4H2,1H3,(H,22,23)(H,16,20,21). The van der Waals surface area contributed by atoms with Gasteiger partial charge in [-0.1, -0.05) is 5.11 Å². The van der Waals surface area contributed by atoms with Crippen molar-refractivity contribution < 1.29 is 31.9 Å². The smallest absolute Gasteiger partial charge is 0.352 e. The molecule has 15 heteroatoms. The summed E-state index contributed by atoms with van der Waals surface area (Å²) in [6.07, 6.45) is -1.33. The Morgan fingerprint density at radius 1 is 1.58 bits per heavy atom. The Morgan fingerprint density at radius 2 is 2.23 bits per heavy atom. The van der Waals surface area contributed by atoms with E-state index in [9.17, 15) is 27.3 Å². The van der Waals surface area contributed by atoms with Crippen LogP contribution >= 0.6 is 7.60 Å². The molecule has 1 fully saturated rings. The highest BCUT2D eigenvalue weighted by Crippen LogP contribution is 2.58. The Bertz CT molecular complexity index is 892. The Kier molecular flexibility index (Phi) is 5.64. The van der Waals surface area contributed by atoms with Gasteiger partial charge in [0.25, 0.3) is 5.56 Å². The number of aromatic nitrogens is 2. The second-order valence-corrected chi connectivity index (χ2v) is 7.21. The molecule has 0 aromatic carbocycles. The maximum absolute atomic E-state index is 12.4. The molecule has 1 aromatic heterocycles. The number of hydrogen-bond acceptors (Lipinski definition) is 6. The number of hydrogen-bond donors (Lipinski definition) is 2. The van der Waals surface area contributed by atoms with Gasteiger partial charge in [0, 0.05) is 23.1 Å². The van der Waals surface area contributed by atoms with Crippen molar-refractivity contribution in [1.29, 1.82) is 0 Å². The SMILES string of the molecule is Cc1cn(C2CC(N=[N+]=[N-])C(COP(=O)(O)C(F)(F)F)O2)c(=O)[nH]c1=O. The molecular weight excluding hydrogens is 386 g/mol. The van der Waals surface area contributed by atoms with Gasteiger partial charge < -0.3 is 9.63 Å². The minimum absolute atomic E-state index is 0.120. The van der Waals surface area contributed by atoms with Gasteiger partial charge >= 0.3 is 19.2 Å². The number of aromatic amines is 1. The molecule has 1 aromatic rings. The van der Waals surface area contributed by atoms with E-state index in [1.165, 1.54) is 13.1 Å². The van der Waals surface area contributed by atoms with Crippen LogP contribution in [0.2, 0.25) is 0 Å². The third-order valence-corrected chi connectivity index (χ3v) is 4.73. The quantitative estimate of drug-likeness (QED) is 0.331. The highest BCUT2D eigenvalue weighted by Gasteiger charge is 2.53. The fourth-order valence-electron chi connectivity index (χ4n) is 2.27. The van der Waals surface area contributed by atoms with Gasteiger partial charge in [-0.05, 0) is 12.5 Å². The van der Waals surface area contributed by atoms with E-state index in [-0.39, 0.29) is 12.0 Å². The lowest BCUT2D eigenvalue weighted by atomic mass is 10.1. The molecule has 144 valence electrons. The lowest BCUT2D eigenvalue weighted by Crippen LogP contribution is -2.33. The molecule has 4 unspecified atom stereocenters. The van der Waals surface area contributed by atoms with Gasteiger partial charge in [-0.3, -0.25) is 23.4 Å². The van der Waals surface area contributed by atoms with E-state index in [0.29, 0.717) is 0 Å². The lowest BCUT2D eigenvalue weighted by Gasteiger charge is -2.19. The van der Waals surface area contributed by atoms with E-state index in [4.69, 9.17) is 15.2 Å². The Hall–Kier alpha value is -2.11. The highest BCUT2D eigenvalue weighted by atomic mass is 31.2. The van der Waals surface area contributed by atoms with E-state index in [1.807, 2.05) is 4.98 Å². The summed E-state index contributed by atoms with van der Waals surface area (Å²) in [6, 6.07) is -1.06. The highest BCUT2D eigenvalue weighted by molar-refractivity contribution is 7.53. The summed E-state index contributed by atoms with van der Waals surface area (Å²) in [6.45, 7) is 0.422. The summed E-state index contributed by atoms with van der Waals surface area (Å²) in [5.74, 6) is -5.48. The van der Waals surface area contributed by atoms with E-state index >= 15 is 0 Å². The average Bonchev–Trinajstić information content (AvgIpc) is 2.91. The minimum Gasteiger partial charge on any atom is -0.352 e. The van der Waals surface area contributed by atoms with Crippen molar-refractivity contribution in [3.63, 3.8) is 0 Å². The van der Waals surface area contributed by atoms with Gasteiger partial charge in [0.15, 0.2) is 0 Å². The maximum atomic E-state index is 12.4. The molecule has 0 aliphatic carbocycles. The summed E-state index contributed by atoms with van der Waals surface area (Å²) >= 11 is 0. The van der Waals surface area contributed by atoms with Crippen LogP contribution in [0, 0.1) is 6.92 Å². The van der Waals surface area contributed by atoms with Crippen LogP contribution in [0.4, 0.5) is 13.2 Å². The predicted octanol–water partition coefficient (Wildman–Crippen LogP) is 1.53. The van der Waals surface area contributed by atoms with Crippen molar-refractivity contribution in [3.8, 4) is 0 Å². The van der Waals surface area contributed by atoms with Crippen LogP contribution in [0.5, 0.6) is 0 Å². The molecule has 0 amide bonds. The summed E-state index contributed by atoms with van der Waals surface area (Å²) in [5, 5.41) is 3.35. The monoisotopic (exact) mass is 399 g/mol. The van der Waals surface area contributed by atoms with E-state index in [1.54, 1.807) is 0 Å². The first-order chi connectivity index (χ1) is 12.0. The van der Waals surface area contributed by atoms with Crippen molar-refractivity contribution in [2.24, 2.45) is 5.11 Å². The molecule has 1 saturated heterocycles. The van der Waals surface area contributed by atoms with Crippen molar-refractivity contribution in [2.45, 2.75) is 37.6 Å². The number of alkyl halides is 3. The molecule has 4 atom stereocenters. The van der Waals surface area contributed by atoms with Gasteiger partial charge in [0.05, 0.1) is 18.8 Å². The molecule has 1 aliphatic rings. The number of halogens is 3. The first kappa shape index (κ1) is 20.2. The van der Waals surface area contributed by atoms with Crippen LogP contribution in [0.15, 0.2) is 20.9 Å². The molecular formula is C11H13F3N5O6P. The summed E-state index contributed by atoms with van der Waals surface area (Å²) in [7, 11) is -5.92. The zero-order chi connectivity index (χ0) is 19.7. The number of rotatable bonds is 5. The van der Waals surface area contributed by atoms with E-state index in [2.05, 4.69) is 14.5 Å². The first-order valence-electron chi connectivity index (χ1n) is 7.02. The molecule has 0 spiro atoms. The normalized spacial score (nSPS) is 25.5. The fourth-order valence-corrected chi connectivity index (χ4v) is 2.77. The van der Waals surface area contributed by atoms with Crippen molar-refractivity contribution in [2.75, 3.05) is 6.61 Å². The van der Waals surface area contributed by atoms with Gasteiger partial charge in [-0.25, -0.2) is 4.79 Å². The largest absolute Gasteiger partial charge is 0.493 e. The van der Waals surface area contributed by atoms with Crippen LogP contribution in [0.25, 0.3) is 10.4 Å². The van der Waals surface area contributed by atoms with Crippen molar-refractivity contribution in [1.82, 2.24) is 9.55 Å². The van der Waals surface area contributed by atoms with Crippen molar-refractivity contribution in [3.05, 3.63) is 43.0 Å². The molecule has 0 saturated carbocycles. The second kappa shape index (κ2) is 7.25. The van der Waals surface area contributed by atoms with Gasteiger partial charge in [-0.2, -0.15) is 13.2 Å². The van der Waals surface area contributed by atoms with Gasteiger partial charge in [-0.15, -0.1) is 0 Å². The Labute approximate surface area is 142 Å². The third kappa shape index (κ3) is 4.17. The van der Waals surface area contributed by atoms with Crippen LogP contribution in [-0.2, 0) is 13.8 Å². The molecule has 1 aliphatic heterocycles. The van der Waals surface area contributed by atoms with E-state index < -0.39 is 49.7 Å². The average molecular weight is 399 g/mol. The second-order valence-electron chi connectivity index (χ2n) is 5.40. The molecule has 2 heterocycles. The van der Waals surface area contributed by atoms with Crippen LogP contribution < -0.4 is 11.2 Å². The molecule has 0 bridgehead atoms. The summed E-state index contributed by atoms with van der Waals surface area (Å²) in [4.78, 5) is 36.7. The van der Waals surface area contributed by atoms with Gasteiger partial charge in [0.1, 0.15) is 6.23 Å². The maximum Gasteiger partial charge on any atom is 0.493 e. The Morgan fingerprint density at radius 3 is 2.81 bits per heavy atom. The molecule has 11 nitrogen and oxygen atoms in total. The number of nitrogens with zero attached hydrogens (tertiary/aromatic N) is 4. The summed E-state index contributed by atoms with van der Waals surface area (Å²) in [5.41, 5.74) is 7.27. The zero-order valence-corrected chi connectivity index (χ0v) is 14.0. The topological polar surface area (TPSA) is 159 Å². The minimum atomic E-state index is -5.92. The zero-order valence-electron chi connectivity index (χ0n) is 13.1. The van der Waals surface area contributed by atoms with Crippen molar-refractivity contribution >= 4 is 7.60 Å².